The van der Waals surface area contributed by atoms with Gasteiger partial charge in [0, 0.05) is 7.11 Å². The van der Waals surface area contributed by atoms with Gasteiger partial charge < -0.3 is 4.74 Å². The van der Waals surface area contributed by atoms with Crippen LogP contribution in [0.15, 0.2) is 0 Å². The summed E-state index contributed by atoms with van der Waals surface area (Å²) < 4.78 is 32.8. The van der Waals surface area contributed by atoms with E-state index in [1.807, 2.05) is 6.92 Å². The van der Waals surface area contributed by atoms with Crippen LogP contribution >= 0.6 is 6.83 Å². The zero-order valence-corrected chi connectivity index (χ0v) is 19.6. The summed E-state index contributed by atoms with van der Waals surface area (Å²) in [6.45, 7) is 10.7. The van der Waals surface area contributed by atoms with Gasteiger partial charge in [0.15, 0.2) is 0 Å². The first-order valence-electron chi connectivity index (χ1n) is 10.5. The number of rotatable bonds is 20. The molecule has 0 spiro atoms. The van der Waals surface area contributed by atoms with Gasteiger partial charge in [-0.1, -0.05) is 0 Å². The minimum atomic E-state index is -2.53. The van der Waals surface area contributed by atoms with E-state index in [-0.39, 0.29) is 12.4 Å². The molecule has 0 aliphatic heterocycles. The molecule has 0 aliphatic carbocycles. The molecule has 28 heavy (non-hydrogen) atoms. The Balaban J connectivity index is 4.06. The molecule has 0 heterocycles. The fourth-order valence-corrected chi connectivity index (χ4v) is 7.02. The average molecular weight is 427 g/mol. The molecule has 0 aromatic carbocycles. The molecule has 0 amide bonds. The molecule has 0 bridgehead atoms. The zero-order valence-electron chi connectivity index (χ0n) is 18.7. The van der Waals surface area contributed by atoms with E-state index < -0.39 is 6.83 Å². The SMILES string of the molecule is CCOCCP(CC)(CC)(CC)OC(=O)CCOCCOCCOCCOC. The minimum absolute atomic E-state index is 0.160. The smallest absolute Gasteiger partial charge is 0.382 e. The van der Waals surface area contributed by atoms with Crippen molar-refractivity contribution in [1.29, 1.82) is 0 Å². The van der Waals surface area contributed by atoms with Gasteiger partial charge in [-0.15, -0.1) is 0 Å². The van der Waals surface area contributed by atoms with Gasteiger partial charge in [0.05, 0.1) is 6.61 Å². The van der Waals surface area contributed by atoms with Crippen LogP contribution in [-0.4, -0.2) is 97.2 Å². The molecule has 0 aromatic rings. The molecule has 0 radical (unpaired) electrons. The third-order valence-electron chi connectivity index (χ3n) is 5.39. The summed E-state index contributed by atoms with van der Waals surface area (Å²) in [5, 5.41) is 0. The average Bonchev–Trinajstić information content (AvgIpc) is 2.71. The van der Waals surface area contributed by atoms with Gasteiger partial charge in [0.1, 0.15) is 0 Å². The molecule has 0 saturated heterocycles. The van der Waals surface area contributed by atoms with Crippen molar-refractivity contribution in [3.63, 3.8) is 0 Å². The van der Waals surface area contributed by atoms with E-state index in [2.05, 4.69) is 20.8 Å². The van der Waals surface area contributed by atoms with Crippen LogP contribution in [0.3, 0.4) is 0 Å². The number of ether oxygens (including phenoxy) is 5. The van der Waals surface area contributed by atoms with Crippen molar-refractivity contribution in [3.8, 4) is 0 Å². The van der Waals surface area contributed by atoms with Crippen LogP contribution in [-0.2, 0) is 33.0 Å². The van der Waals surface area contributed by atoms with Crippen molar-refractivity contribution in [2.24, 2.45) is 0 Å². The van der Waals surface area contributed by atoms with E-state index in [0.717, 1.165) is 24.6 Å². The minimum Gasteiger partial charge on any atom is -0.382 e. The summed E-state index contributed by atoms with van der Waals surface area (Å²) in [7, 11) is 1.64. The number of hydrogen-bond donors (Lipinski definition) is 0. The van der Waals surface area contributed by atoms with Crippen molar-refractivity contribution in [3.05, 3.63) is 0 Å². The Bertz CT molecular complexity index is 378. The van der Waals surface area contributed by atoms with E-state index in [1.165, 1.54) is 0 Å². The first-order valence-corrected chi connectivity index (χ1v) is 13.4. The quantitative estimate of drug-likeness (QED) is 0.219. The van der Waals surface area contributed by atoms with Gasteiger partial charge in [-0.05, 0) is 0 Å². The fourth-order valence-electron chi connectivity index (χ4n) is 3.00. The molecule has 0 aliphatic rings. The third-order valence-corrected chi connectivity index (χ3v) is 12.2. The normalized spacial score (nSPS) is 13.2. The Kier molecular flexibility index (Phi) is 16.3. The summed E-state index contributed by atoms with van der Waals surface area (Å²) in [5.74, 6) is -0.160. The fraction of sp³-hybridized carbons (Fsp3) is 0.950. The molecular formula is C20H43O7P. The Hall–Kier alpha value is -0.300. The Morgan fingerprint density at radius 1 is 0.679 bits per heavy atom. The predicted molar refractivity (Wildman–Crippen MR) is 115 cm³/mol. The van der Waals surface area contributed by atoms with Crippen LogP contribution in [0, 0.1) is 0 Å². The molecule has 0 rings (SSSR count). The first-order chi connectivity index (χ1) is 13.5. The molecular weight excluding hydrogens is 383 g/mol. The molecule has 0 atom stereocenters. The molecule has 0 unspecified atom stereocenters. The van der Waals surface area contributed by atoms with Gasteiger partial charge in [0.25, 0.3) is 0 Å². The molecule has 0 fully saturated rings. The molecule has 0 N–H and O–H groups in total. The van der Waals surface area contributed by atoms with Gasteiger partial charge in [-0.3, -0.25) is 0 Å². The Labute approximate surface area is 171 Å². The van der Waals surface area contributed by atoms with Crippen LogP contribution < -0.4 is 0 Å². The van der Waals surface area contributed by atoms with E-state index in [9.17, 15) is 4.79 Å². The van der Waals surface area contributed by atoms with Gasteiger partial charge in [-0.25, -0.2) is 0 Å². The van der Waals surface area contributed by atoms with Crippen LogP contribution in [0.5, 0.6) is 0 Å². The van der Waals surface area contributed by atoms with E-state index >= 15 is 0 Å². The van der Waals surface area contributed by atoms with Crippen molar-refractivity contribution in [2.75, 3.05) is 91.2 Å². The standard InChI is InChI=1S/C20H43O7P/c1-6-23-18-19-28(7-2,8-3,9-4)27-20(21)10-11-24-14-15-26-17-16-25-13-12-22-5/h6-19H2,1-5H3. The van der Waals surface area contributed by atoms with E-state index in [1.54, 1.807) is 7.11 Å². The number of hydrogen-bond acceptors (Lipinski definition) is 7. The molecule has 8 heteroatoms. The van der Waals surface area contributed by atoms with Crippen LogP contribution in [0.1, 0.15) is 34.1 Å². The number of methoxy groups -OCH3 is 1. The summed E-state index contributed by atoms with van der Waals surface area (Å²) in [6.07, 6.45) is 3.82. The zero-order chi connectivity index (χ0) is 21.2. The second kappa shape index (κ2) is 16.5. The third kappa shape index (κ3) is 11.0. The van der Waals surface area contributed by atoms with Crippen LogP contribution in [0.4, 0.5) is 0 Å². The van der Waals surface area contributed by atoms with E-state index in [0.29, 0.717) is 59.5 Å². The maximum atomic E-state index is 12.5. The molecule has 0 saturated carbocycles. The van der Waals surface area contributed by atoms with Gasteiger partial charge >= 0.3 is 153 Å². The number of carbonyl (C=O) groups excluding carboxylic acids is 1. The maximum absolute atomic E-state index is 12.5. The van der Waals surface area contributed by atoms with Crippen molar-refractivity contribution in [2.45, 2.75) is 34.1 Å². The van der Waals surface area contributed by atoms with Crippen molar-refractivity contribution >= 4 is 12.8 Å². The van der Waals surface area contributed by atoms with E-state index in [4.69, 9.17) is 28.2 Å². The molecule has 170 valence electrons. The van der Waals surface area contributed by atoms with Crippen molar-refractivity contribution in [1.82, 2.24) is 0 Å². The summed E-state index contributed by atoms with van der Waals surface area (Å²) in [5.41, 5.74) is 0. The summed E-state index contributed by atoms with van der Waals surface area (Å²) in [6, 6.07) is 0. The second-order valence-corrected chi connectivity index (χ2v) is 13.0. The van der Waals surface area contributed by atoms with Crippen molar-refractivity contribution < 1.29 is 33.0 Å². The van der Waals surface area contributed by atoms with Gasteiger partial charge in [-0.2, -0.15) is 0 Å². The molecule has 0 aromatic heterocycles. The number of carbonyl (C=O) groups is 1. The monoisotopic (exact) mass is 426 g/mol. The summed E-state index contributed by atoms with van der Waals surface area (Å²) in [4.78, 5) is 12.5. The second-order valence-electron chi connectivity index (χ2n) is 6.77. The Morgan fingerprint density at radius 3 is 1.64 bits per heavy atom. The topological polar surface area (TPSA) is 72.5 Å². The first kappa shape index (κ1) is 27.7. The summed E-state index contributed by atoms with van der Waals surface area (Å²) >= 11 is 0. The predicted octanol–water partition coefficient (Wildman–Crippen LogP) is 3.18. The Morgan fingerprint density at radius 2 is 1.18 bits per heavy atom. The van der Waals surface area contributed by atoms with Crippen LogP contribution in [0.25, 0.3) is 0 Å². The van der Waals surface area contributed by atoms with Crippen LogP contribution in [0.2, 0.25) is 0 Å². The van der Waals surface area contributed by atoms with Gasteiger partial charge in [0.2, 0.25) is 0 Å². The molecule has 7 nitrogen and oxygen atoms in total.